The highest BCUT2D eigenvalue weighted by Gasteiger charge is 2.08. The maximum absolute atomic E-state index is 12.1. The van der Waals surface area contributed by atoms with Gasteiger partial charge in [0.1, 0.15) is 0 Å². The zero-order valence-electron chi connectivity index (χ0n) is 11.3. The Balaban J connectivity index is 2.02. The number of carbonyl (C=O) groups is 2. The molecule has 3 nitrogen and oxygen atoms in total. The molecule has 0 saturated heterocycles. The van der Waals surface area contributed by atoms with Gasteiger partial charge >= 0.3 is 5.97 Å². The van der Waals surface area contributed by atoms with Crippen LogP contribution in [0.2, 0.25) is 0 Å². The van der Waals surface area contributed by atoms with Crippen molar-refractivity contribution in [1.29, 1.82) is 0 Å². The van der Waals surface area contributed by atoms with Crippen molar-refractivity contribution in [2.24, 2.45) is 0 Å². The quantitative estimate of drug-likeness (QED) is 0.844. The third-order valence-corrected chi connectivity index (χ3v) is 3.34. The van der Waals surface area contributed by atoms with Gasteiger partial charge in [-0.3, -0.25) is 4.79 Å². The smallest absolute Gasteiger partial charge is 0.335 e. The van der Waals surface area contributed by atoms with Crippen molar-refractivity contribution in [2.45, 2.75) is 19.8 Å². The first-order valence-electron chi connectivity index (χ1n) is 6.49. The molecule has 0 heterocycles. The predicted molar refractivity (Wildman–Crippen MR) is 77.2 cm³/mol. The Morgan fingerprint density at radius 1 is 0.950 bits per heavy atom. The molecule has 0 aromatic heterocycles. The Labute approximate surface area is 117 Å². The van der Waals surface area contributed by atoms with Gasteiger partial charge in [0.25, 0.3) is 0 Å². The summed E-state index contributed by atoms with van der Waals surface area (Å²) in [4.78, 5) is 22.8. The summed E-state index contributed by atoms with van der Waals surface area (Å²) in [6.45, 7) is 2.03. The lowest BCUT2D eigenvalue weighted by atomic mass is 9.99. The Bertz CT molecular complexity index is 627. The molecule has 0 aliphatic carbocycles. The highest BCUT2D eigenvalue weighted by Crippen LogP contribution is 2.13. The minimum absolute atomic E-state index is 0.0326. The van der Waals surface area contributed by atoms with E-state index in [0.717, 1.165) is 0 Å². The first kappa shape index (κ1) is 14.0. The van der Waals surface area contributed by atoms with Crippen LogP contribution in [0, 0.1) is 6.92 Å². The van der Waals surface area contributed by atoms with Gasteiger partial charge in [0.05, 0.1) is 5.56 Å². The molecule has 2 aromatic carbocycles. The Morgan fingerprint density at radius 3 is 2.15 bits per heavy atom. The lowest BCUT2D eigenvalue weighted by molar-refractivity contribution is 0.0696. The summed E-state index contributed by atoms with van der Waals surface area (Å²) in [6.07, 6.45) is 1.13. The van der Waals surface area contributed by atoms with Crippen LogP contribution in [0.3, 0.4) is 0 Å². The maximum Gasteiger partial charge on any atom is 0.335 e. The molecule has 0 aliphatic rings. The third kappa shape index (κ3) is 3.32. The van der Waals surface area contributed by atoms with Crippen LogP contribution in [0.25, 0.3) is 0 Å². The van der Waals surface area contributed by atoms with Crippen molar-refractivity contribution in [1.82, 2.24) is 0 Å². The topological polar surface area (TPSA) is 54.4 Å². The highest BCUT2D eigenvalue weighted by atomic mass is 16.4. The average molecular weight is 268 g/mol. The summed E-state index contributed by atoms with van der Waals surface area (Å²) in [5.41, 5.74) is 3.11. The van der Waals surface area contributed by atoms with Crippen molar-refractivity contribution in [3.8, 4) is 0 Å². The highest BCUT2D eigenvalue weighted by molar-refractivity contribution is 5.97. The van der Waals surface area contributed by atoms with E-state index in [-0.39, 0.29) is 11.3 Å². The van der Waals surface area contributed by atoms with E-state index in [1.807, 2.05) is 31.2 Å². The number of carboxylic acids is 1. The molecule has 0 saturated carbocycles. The van der Waals surface area contributed by atoms with Crippen molar-refractivity contribution >= 4 is 11.8 Å². The van der Waals surface area contributed by atoms with Gasteiger partial charge < -0.3 is 5.11 Å². The number of Topliss-reactive ketones (excluding diaryl/α,β-unsaturated/α-hetero) is 1. The predicted octanol–water partition coefficient (Wildman–Crippen LogP) is 3.51. The lowest BCUT2D eigenvalue weighted by Crippen LogP contribution is -2.03. The summed E-state index contributed by atoms with van der Waals surface area (Å²) in [5.74, 6) is -0.950. The zero-order chi connectivity index (χ0) is 14.5. The minimum Gasteiger partial charge on any atom is -0.478 e. The molecule has 0 spiro atoms. The van der Waals surface area contributed by atoms with Crippen molar-refractivity contribution < 1.29 is 14.7 Å². The van der Waals surface area contributed by atoms with E-state index in [1.54, 1.807) is 12.1 Å². The number of aromatic carboxylic acids is 1. The molecule has 2 aromatic rings. The molecule has 0 amide bonds. The van der Waals surface area contributed by atoms with Crippen molar-refractivity contribution in [2.75, 3.05) is 0 Å². The molecular weight excluding hydrogens is 252 g/mol. The fourth-order valence-corrected chi connectivity index (χ4v) is 2.08. The van der Waals surface area contributed by atoms with Gasteiger partial charge in [0.15, 0.2) is 5.78 Å². The van der Waals surface area contributed by atoms with Gasteiger partial charge in [-0.25, -0.2) is 4.79 Å². The number of rotatable bonds is 5. The van der Waals surface area contributed by atoms with Crippen LogP contribution in [0.15, 0.2) is 48.5 Å². The molecule has 102 valence electrons. The Hall–Kier alpha value is -2.42. The number of aryl methyl sites for hydroxylation is 2. The minimum atomic E-state index is -0.982. The second-order valence-corrected chi connectivity index (χ2v) is 4.73. The molecule has 0 aliphatic heterocycles. The first-order chi connectivity index (χ1) is 9.58. The largest absolute Gasteiger partial charge is 0.478 e. The molecule has 3 heteroatoms. The van der Waals surface area contributed by atoms with Crippen molar-refractivity contribution in [3.05, 3.63) is 70.8 Å². The molecule has 0 fully saturated rings. The summed E-state index contributed by atoms with van der Waals surface area (Å²) in [6, 6.07) is 14.1. The van der Waals surface area contributed by atoms with Crippen LogP contribution in [0.4, 0.5) is 0 Å². The van der Waals surface area contributed by atoms with E-state index in [4.69, 9.17) is 5.11 Å². The number of benzene rings is 2. The van der Waals surface area contributed by atoms with E-state index in [0.29, 0.717) is 18.4 Å². The second kappa shape index (κ2) is 6.15. The van der Waals surface area contributed by atoms with Crippen LogP contribution in [0.1, 0.15) is 38.3 Å². The number of ketones is 1. The summed E-state index contributed by atoms with van der Waals surface area (Å²) >= 11 is 0. The summed E-state index contributed by atoms with van der Waals surface area (Å²) in [5, 5.41) is 8.81. The standard InChI is InChI=1S/C17H16O3/c1-12-4-2-3-5-13(12)10-11-16(18)14-6-8-15(9-7-14)17(19)20/h2-9H,10-11H2,1H3,(H,19,20). The second-order valence-electron chi connectivity index (χ2n) is 4.73. The molecule has 0 bridgehead atoms. The van der Waals surface area contributed by atoms with Gasteiger partial charge in [-0.1, -0.05) is 36.4 Å². The molecule has 1 N–H and O–H groups in total. The van der Waals surface area contributed by atoms with E-state index < -0.39 is 5.97 Å². The van der Waals surface area contributed by atoms with E-state index >= 15 is 0 Å². The molecule has 0 radical (unpaired) electrons. The average Bonchev–Trinajstić information content (AvgIpc) is 2.46. The van der Waals surface area contributed by atoms with Gasteiger partial charge in [0.2, 0.25) is 0 Å². The molecular formula is C17H16O3. The van der Waals surface area contributed by atoms with Gasteiger partial charge in [-0.05, 0) is 36.6 Å². The number of hydrogen-bond acceptors (Lipinski definition) is 2. The Morgan fingerprint density at radius 2 is 1.55 bits per heavy atom. The molecule has 2 rings (SSSR count). The van der Waals surface area contributed by atoms with Crippen molar-refractivity contribution in [3.63, 3.8) is 0 Å². The van der Waals surface area contributed by atoms with Crippen LogP contribution in [-0.2, 0) is 6.42 Å². The number of carboxylic acid groups (broad SMARTS) is 1. The Kier molecular flexibility index (Phi) is 4.31. The summed E-state index contributed by atoms with van der Waals surface area (Å²) in [7, 11) is 0. The molecule has 0 unspecified atom stereocenters. The fraction of sp³-hybridized carbons (Fsp3) is 0.176. The number of carbonyl (C=O) groups excluding carboxylic acids is 1. The van der Waals surface area contributed by atoms with Gasteiger partial charge in [-0.15, -0.1) is 0 Å². The molecule has 20 heavy (non-hydrogen) atoms. The monoisotopic (exact) mass is 268 g/mol. The van der Waals surface area contributed by atoms with E-state index in [1.165, 1.54) is 23.3 Å². The van der Waals surface area contributed by atoms with Crippen LogP contribution >= 0.6 is 0 Å². The first-order valence-corrected chi connectivity index (χ1v) is 6.49. The SMILES string of the molecule is Cc1ccccc1CCC(=O)c1ccc(C(=O)O)cc1. The van der Waals surface area contributed by atoms with Crippen LogP contribution in [-0.4, -0.2) is 16.9 Å². The van der Waals surface area contributed by atoms with Crippen LogP contribution < -0.4 is 0 Å². The molecule has 0 atom stereocenters. The zero-order valence-corrected chi connectivity index (χ0v) is 11.3. The van der Waals surface area contributed by atoms with E-state index in [9.17, 15) is 9.59 Å². The van der Waals surface area contributed by atoms with Crippen LogP contribution in [0.5, 0.6) is 0 Å². The van der Waals surface area contributed by atoms with Gasteiger partial charge in [-0.2, -0.15) is 0 Å². The van der Waals surface area contributed by atoms with Gasteiger partial charge in [0, 0.05) is 12.0 Å². The normalized spacial score (nSPS) is 10.2. The number of hydrogen-bond donors (Lipinski definition) is 1. The fourth-order valence-electron chi connectivity index (χ4n) is 2.08. The van der Waals surface area contributed by atoms with E-state index in [2.05, 4.69) is 0 Å². The summed E-state index contributed by atoms with van der Waals surface area (Å²) < 4.78 is 0. The third-order valence-electron chi connectivity index (χ3n) is 3.34. The maximum atomic E-state index is 12.1. The lowest BCUT2D eigenvalue weighted by Gasteiger charge is -2.05.